The second-order valence-electron chi connectivity index (χ2n) is 45.4. The molecule has 0 spiro atoms. The molecule has 0 aromatic carbocycles. The van der Waals surface area contributed by atoms with Crippen molar-refractivity contribution in [1.29, 1.82) is 0 Å². The molecule has 8 rings (SSSR count). The van der Waals surface area contributed by atoms with Crippen LogP contribution in [0.25, 0.3) is 0 Å². The Morgan fingerprint density at radius 3 is 1.01 bits per heavy atom. The normalized spacial score (nSPS) is 41.1. The first-order valence-corrected chi connectivity index (χ1v) is 45.8. The van der Waals surface area contributed by atoms with Gasteiger partial charge in [-0.1, -0.05) is 288 Å². The summed E-state index contributed by atoms with van der Waals surface area (Å²) in [7, 11) is 0. The number of aliphatic hydroxyl groups excluding tert-OH is 8. The van der Waals surface area contributed by atoms with Gasteiger partial charge >= 0.3 is 0 Å². The summed E-state index contributed by atoms with van der Waals surface area (Å²) < 4.78 is 0. The lowest BCUT2D eigenvalue weighted by Crippen LogP contribution is -2.43. The summed E-state index contributed by atoms with van der Waals surface area (Å²) in [4.78, 5) is 0. The summed E-state index contributed by atoms with van der Waals surface area (Å²) in [5, 5.41) is 79.3. The van der Waals surface area contributed by atoms with Gasteiger partial charge in [0.05, 0.1) is 48.8 Å². The Morgan fingerprint density at radius 1 is 0.283 bits per heavy atom. The molecule has 0 saturated heterocycles. The second-order valence-corrected chi connectivity index (χ2v) is 45.4. The highest BCUT2D eigenvalue weighted by Crippen LogP contribution is 2.50. The van der Waals surface area contributed by atoms with Crippen LogP contribution in [0.15, 0.2) is 0 Å². The van der Waals surface area contributed by atoms with E-state index in [4.69, 9.17) is 0 Å². The van der Waals surface area contributed by atoms with E-state index in [2.05, 4.69) is 256 Å². The third kappa shape index (κ3) is 33.5. The highest BCUT2D eigenvalue weighted by Gasteiger charge is 2.45. The van der Waals surface area contributed by atoms with E-state index >= 15 is 0 Å². The number of rotatable bonds is 8. The molecule has 8 aliphatic rings. The van der Waals surface area contributed by atoms with Crippen LogP contribution in [0.4, 0.5) is 0 Å². The van der Waals surface area contributed by atoms with Crippen LogP contribution in [0.3, 0.4) is 0 Å². The molecule has 0 aromatic heterocycles. The lowest BCUT2D eigenvalue weighted by atomic mass is 9.62. The molecule has 106 heavy (non-hydrogen) atoms. The predicted molar refractivity (Wildman–Crippen MR) is 461 cm³/mol. The molecule has 8 nitrogen and oxygen atoms in total. The van der Waals surface area contributed by atoms with Crippen LogP contribution >= 0.6 is 0 Å². The number of hydrogen-bond acceptors (Lipinski definition) is 8. The van der Waals surface area contributed by atoms with E-state index in [1.54, 1.807) is 0 Å². The summed E-state index contributed by atoms with van der Waals surface area (Å²) in [5.74, 6) is 17.3. The van der Waals surface area contributed by atoms with Crippen molar-refractivity contribution < 1.29 is 40.9 Å². The molecule has 22 atom stereocenters. The van der Waals surface area contributed by atoms with Crippen molar-refractivity contribution in [3.05, 3.63) is 0 Å². The molecular weight excluding hydrogens is 1310 g/mol. The van der Waals surface area contributed by atoms with Gasteiger partial charge < -0.3 is 40.9 Å². The Morgan fingerprint density at radius 2 is 0.670 bits per heavy atom. The van der Waals surface area contributed by atoms with Crippen LogP contribution in [0.5, 0.6) is 0 Å². The van der Waals surface area contributed by atoms with Crippen molar-refractivity contribution in [2.24, 2.45) is 187 Å². The SMILES string of the molecule is CC(C)C1CC(C(C)C)C(O)C(C(C)C)C1.CC1C(O)CCC(C(C)(C)C)C1C.CC1CC(C(C)(C)C)C(C)CC1O.CC1CC(C(C)(C)C)CC(C)C1O.CC1CC(C(C)(C)C)CC(O)C1C.CC1CC(O)CC(C)C1C(C)(C)C.CCC1CC(C)CC(CC)C1O.CCC1CC(CC)C(O)C(CC)C1. The van der Waals surface area contributed by atoms with Crippen LogP contribution in [0.1, 0.15) is 391 Å². The van der Waals surface area contributed by atoms with E-state index < -0.39 is 0 Å². The maximum atomic E-state index is 10.5. The molecule has 0 aliphatic heterocycles. The van der Waals surface area contributed by atoms with Gasteiger partial charge in [-0.2, -0.15) is 0 Å². The summed E-state index contributed by atoms with van der Waals surface area (Å²) in [5.41, 5.74) is 1.94. The minimum Gasteiger partial charge on any atom is -0.393 e. The van der Waals surface area contributed by atoms with Crippen LogP contribution < -0.4 is 0 Å². The molecule has 8 N–H and O–H groups in total. The quantitative estimate of drug-likeness (QED) is 0.119. The van der Waals surface area contributed by atoms with Gasteiger partial charge in [0.1, 0.15) is 0 Å². The zero-order valence-electron chi connectivity index (χ0n) is 78.1. The maximum absolute atomic E-state index is 10.5. The summed E-state index contributed by atoms with van der Waals surface area (Å²) in [6.45, 7) is 84.1. The van der Waals surface area contributed by atoms with Crippen LogP contribution in [-0.2, 0) is 0 Å². The molecule has 636 valence electrons. The zero-order chi connectivity index (χ0) is 82.6. The Bertz CT molecular complexity index is 2130. The minimum atomic E-state index is -0.0759. The van der Waals surface area contributed by atoms with Crippen molar-refractivity contribution in [2.45, 2.75) is 440 Å². The molecule has 0 heterocycles. The maximum Gasteiger partial charge on any atom is 0.0601 e. The fourth-order valence-electron chi connectivity index (χ4n) is 22.6. The molecule has 0 radical (unpaired) electrons. The van der Waals surface area contributed by atoms with Crippen molar-refractivity contribution in [1.82, 2.24) is 0 Å². The molecule has 22 unspecified atom stereocenters. The average Bonchev–Trinajstić information content (AvgIpc) is 0.778. The summed E-state index contributed by atoms with van der Waals surface area (Å²) in [6, 6.07) is 0. The number of aliphatic hydroxyl groups is 8. The molecule has 8 fully saturated rings. The third-order valence-corrected chi connectivity index (χ3v) is 30.8. The largest absolute Gasteiger partial charge is 0.393 e. The lowest BCUT2D eigenvalue weighted by molar-refractivity contribution is -0.0475. The van der Waals surface area contributed by atoms with E-state index in [0.717, 1.165) is 105 Å². The molecule has 8 aliphatic carbocycles. The van der Waals surface area contributed by atoms with Crippen molar-refractivity contribution >= 4 is 0 Å². The van der Waals surface area contributed by atoms with Crippen molar-refractivity contribution in [2.75, 3.05) is 0 Å². The molecule has 8 saturated carbocycles. The van der Waals surface area contributed by atoms with E-state index in [1.807, 2.05) is 0 Å². The minimum absolute atomic E-state index is 0.0159. The molecule has 0 aromatic rings. The molecule has 8 heteroatoms. The standard InChI is InChI=1S/C15H30O.6C12H24O.C11H22O/c1-9(2)12-7-13(10(3)4)15(16)14(8-12)11(5)6;1-8-7-11(13)9(2)6-10(8)12(3,4)5;1-8-6-10(12(3,4)5)7-11(13)9(8)2;1-8-6-10(13)7-9(2)11(8)12(3,4)5;1-8-6-10(12(3,4)5)7-9(2)11(8)13;1-8-9(2)11(13)7-6-10(8)12(3,4)5;1-4-9-7-10(5-2)12(13)11(6-3)8-9;1-4-9-6-8(3)7-10(5-2)11(9)12/h9-16H,7-8H2,1-6H3;5*8-11,13H,6-7H2,1-5H3;9-13H,4-8H2,1-3H3;8-12H,4-7H2,1-3H3. The lowest BCUT2D eigenvalue weighted by Gasteiger charge is -2.45. The zero-order valence-corrected chi connectivity index (χ0v) is 78.1. The topological polar surface area (TPSA) is 162 Å². The van der Waals surface area contributed by atoms with Gasteiger partial charge in [-0.15, -0.1) is 0 Å². The van der Waals surface area contributed by atoms with Gasteiger partial charge in [0.25, 0.3) is 0 Å². The molecule has 0 amide bonds. The third-order valence-electron chi connectivity index (χ3n) is 30.8. The summed E-state index contributed by atoms with van der Waals surface area (Å²) >= 11 is 0. The first-order valence-electron chi connectivity index (χ1n) is 45.8. The molecular formula is C98H196O8. The Hall–Kier alpha value is -0.320. The van der Waals surface area contributed by atoms with Crippen molar-refractivity contribution in [3.63, 3.8) is 0 Å². The van der Waals surface area contributed by atoms with E-state index in [0.29, 0.717) is 140 Å². The van der Waals surface area contributed by atoms with Gasteiger partial charge in [0.2, 0.25) is 0 Å². The Balaban J connectivity index is 0.000000606. The highest BCUT2D eigenvalue weighted by molar-refractivity contribution is 4.95. The van der Waals surface area contributed by atoms with E-state index in [9.17, 15) is 40.9 Å². The molecule has 0 bridgehead atoms. The van der Waals surface area contributed by atoms with E-state index in [1.165, 1.54) is 77.0 Å². The fraction of sp³-hybridized carbons (Fsp3) is 1.00. The van der Waals surface area contributed by atoms with Gasteiger partial charge in [-0.05, 0) is 290 Å². The monoisotopic (exact) mass is 1500 g/mol. The predicted octanol–water partition coefficient (Wildman–Crippen LogP) is 25.4. The smallest absolute Gasteiger partial charge is 0.0601 e. The second kappa shape index (κ2) is 46.4. The van der Waals surface area contributed by atoms with Gasteiger partial charge in [0.15, 0.2) is 0 Å². The van der Waals surface area contributed by atoms with Gasteiger partial charge in [-0.25, -0.2) is 0 Å². The van der Waals surface area contributed by atoms with Crippen LogP contribution in [0, 0.1) is 187 Å². The van der Waals surface area contributed by atoms with Crippen molar-refractivity contribution in [3.8, 4) is 0 Å². The summed E-state index contributed by atoms with van der Waals surface area (Å²) in [6.07, 6.45) is 23.8. The Kier molecular flexibility index (Phi) is 45.4. The van der Waals surface area contributed by atoms with Gasteiger partial charge in [0, 0.05) is 0 Å². The fourth-order valence-corrected chi connectivity index (χ4v) is 22.6. The van der Waals surface area contributed by atoms with E-state index in [-0.39, 0.29) is 48.8 Å². The number of hydrogen-bond donors (Lipinski definition) is 8. The van der Waals surface area contributed by atoms with Crippen LogP contribution in [-0.4, -0.2) is 89.7 Å². The van der Waals surface area contributed by atoms with Crippen LogP contribution in [0.2, 0.25) is 0 Å². The Labute approximate surface area is 663 Å². The highest BCUT2D eigenvalue weighted by atomic mass is 16.3. The first kappa shape index (κ1) is 104. The van der Waals surface area contributed by atoms with Gasteiger partial charge in [-0.3, -0.25) is 0 Å². The first-order chi connectivity index (χ1) is 48.4. The average molecular weight is 1500 g/mol.